The first-order valence-electron chi connectivity index (χ1n) is 5.79. The van der Waals surface area contributed by atoms with Gasteiger partial charge in [0, 0.05) is 5.56 Å². The lowest BCUT2D eigenvalue weighted by atomic mass is 10.2. The zero-order valence-corrected chi connectivity index (χ0v) is 10.5. The zero-order valence-electron chi connectivity index (χ0n) is 10.5. The molecular formula is C15H14N2O2. The summed E-state index contributed by atoms with van der Waals surface area (Å²) >= 11 is 0. The van der Waals surface area contributed by atoms with E-state index >= 15 is 0 Å². The fourth-order valence-corrected chi connectivity index (χ4v) is 1.71. The molecule has 2 aromatic carbocycles. The van der Waals surface area contributed by atoms with Gasteiger partial charge in [0.25, 0.3) is 5.91 Å². The van der Waals surface area contributed by atoms with Gasteiger partial charge in [0.05, 0.1) is 19.1 Å². The van der Waals surface area contributed by atoms with Gasteiger partial charge < -0.3 is 4.74 Å². The molecule has 4 nitrogen and oxygen atoms in total. The standard InChI is InChI=1S/C15H14N2O2/c1-19-14-9-7-12(8-10-14)15(18)17(11-16)13-5-3-2-4-6-13/h2-11,16H,1H3. The number of hydrogen-bond donors (Lipinski definition) is 1. The van der Waals surface area contributed by atoms with Crippen LogP contribution in [0.1, 0.15) is 10.4 Å². The van der Waals surface area contributed by atoms with Crippen molar-refractivity contribution in [1.82, 2.24) is 0 Å². The van der Waals surface area contributed by atoms with Gasteiger partial charge in [-0.1, -0.05) is 18.2 Å². The van der Waals surface area contributed by atoms with Crippen LogP contribution < -0.4 is 9.64 Å². The molecule has 1 amide bonds. The molecule has 0 heterocycles. The van der Waals surface area contributed by atoms with Crippen molar-refractivity contribution in [1.29, 1.82) is 5.41 Å². The SMILES string of the molecule is COc1ccc(C(=O)N(C=N)c2ccccc2)cc1. The smallest absolute Gasteiger partial charge is 0.263 e. The van der Waals surface area contributed by atoms with Crippen LogP contribution in [0.25, 0.3) is 0 Å². The molecule has 0 atom stereocenters. The van der Waals surface area contributed by atoms with E-state index in [0.29, 0.717) is 17.0 Å². The Morgan fingerprint density at radius 2 is 1.74 bits per heavy atom. The number of nitrogens with one attached hydrogen (secondary N) is 1. The van der Waals surface area contributed by atoms with Crippen LogP contribution in [0.4, 0.5) is 5.69 Å². The Morgan fingerprint density at radius 1 is 1.11 bits per heavy atom. The van der Waals surface area contributed by atoms with E-state index in [9.17, 15) is 4.79 Å². The summed E-state index contributed by atoms with van der Waals surface area (Å²) in [4.78, 5) is 13.6. The minimum atomic E-state index is -0.246. The molecule has 0 saturated heterocycles. The molecule has 0 saturated carbocycles. The molecule has 0 fully saturated rings. The Kier molecular flexibility index (Phi) is 3.93. The van der Waals surface area contributed by atoms with Crippen LogP contribution in [0, 0.1) is 5.41 Å². The highest BCUT2D eigenvalue weighted by Crippen LogP contribution is 2.17. The minimum absolute atomic E-state index is 0.246. The van der Waals surface area contributed by atoms with Crippen molar-refractivity contribution in [2.75, 3.05) is 12.0 Å². The maximum Gasteiger partial charge on any atom is 0.263 e. The number of carbonyl (C=O) groups excluding carboxylic acids is 1. The summed E-state index contributed by atoms with van der Waals surface area (Å²) in [5, 5.41) is 7.41. The fraction of sp³-hybridized carbons (Fsp3) is 0.0667. The van der Waals surface area contributed by atoms with Gasteiger partial charge in [0.1, 0.15) is 5.75 Å². The lowest BCUT2D eigenvalue weighted by Gasteiger charge is -2.17. The molecule has 4 heteroatoms. The van der Waals surface area contributed by atoms with Crippen LogP contribution in [0.3, 0.4) is 0 Å². The van der Waals surface area contributed by atoms with Crippen molar-refractivity contribution in [2.45, 2.75) is 0 Å². The number of ether oxygens (including phenoxy) is 1. The summed E-state index contributed by atoms with van der Waals surface area (Å²) in [5.74, 6) is 0.446. The van der Waals surface area contributed by atoms with E-state index in [-0.39, 0.29) is 5.91 Å². The van der Waals surface area contributed by atoms with Crippen molar-refractivity contribution in [3.8, 4) is 5.75 Å². The summed E-state index contributed by atoms with van der Waals surface area (Å²) < 4.78 is 5.05. The van der Waals surface area contributed by atoms with Gasteiger partial charge in [0.15, 0.2) is 0 Å². The summed E-state index contributed by atoms with van der Waals surface area (Å²) in [7, 11) is 1.57. The molecule has 0 aliphatic rings. The van der Waals surface area contributed by atoms with Gasteiger partial charge in [-0.3, -0.25) is 15.1 Å². The highest BCUT2D eigenvalue weighted by molar-refractivity contribution is 6.15. The summed E-state index contributed by atoms with van der Waals surface area (Å²) in [6.45, 7) is 0. The lowest BCUT2D eigenvalue weighted by molar-refractivity contribution is 0.100. The van der Waals surface area contributed by atoms with Gasteiger partial charge in [-0.25, -0.2) is 0 Å². The minimum Gasteiger partial charge on any atom is -0.497 e. The Bertz CT molecular complexity index is 564. The second-order valence-electron chi connectivity index (χ2n) is 3.87. The van der Waals surface area contributed by atoms with Crippen LogP contribution >= 0.6 is 0 Å². The molecule has 0 spiro atoms. The van der Waals surface area contributed by atoms with Crippen LogP contribution in [-0.4, -0.2) is 19.4 Å². The van der Waals surface area contributed by atoms with Crippen molar-refractivity contribution >= 4 is 17.9 Å². The number of methoxy groups -OCH3 is 1. The Balaban J connectivity index is 2.28. The first kappa shape index (κ1) is 12.8. The molecule has 0 unspecified atom stereocenters. The van der Waals surface area contributed by atoms with Gasteiger partial charge in [-0.2, -0.15) is 0 Å². The summed E-state index contributed by atoms with van der Waals surface area (Å²) in [6, 6.07) is 15.9. The lowest BCUT2D eigenvalue weighted by Crippen LogP contribution is -2.28. The number of amides is 1. The van der Waals surface area contributed by atoms with Crippen molar-refractivity contribution in [2.24, 2.45) is 0 Å². The van der Waals surface area contributed by atoms with Crippen LogP contribution in [0.2, 0.25) is 0 Å². The normalized spacial score (nSPS) is 9.74. The molecule has 0 aliphatic carbocycles. The van der Waals surface area contributed by atoms with E-state index in [1.54, 1.807) is 43.5 Å². The first-order valence-corrected chi connectivity index (χ1v) is 5.79. The monoisotopic (exact) mass is 254 g/mol. The number of nitrogens with zero attached hydrogens (tertiary/aromatic N) is 1. The Morgan fingerprint density at radius 3 is 2.26 bits per heavy atom. The molecule has 0 bridgehead atoms. The first-order chi connectivity index (χ1) is 9.26. The topological polar surface area (TPSA) is 53.4 Å². The van der Waals surface area contributed by atoms with Gasteiger partial charge in [-0.05, 0) is 36.4 Å². The second-order valence-corrected chi connectivity index (χ2v) is 3.87. The molecule has 0 aliphatic heterocycles. The van der Waals surface area contributed by atoms with E-state index in [0.717, 1.165) is 6.34 Å². The third-order valence-corrected chi connectivity index (χ3v) is 2.72. The number of hydrogen-bond acceptors (Lipinski definition) is 3. The van der Waals surface area contributed by atoms with Gasteiger partial charge in [0.2, 0.25) is 0 Å². The largest absolute Gasteiger partial charge is 0.497 e. The van der Waals surface area contributed by atoms with E-state index < -0.39 is 0 Å². The third-order valence-electron chi connectivity index (χ3n) is 2.72. The number of carbonyl (C=O) groups is 1. The average molecular weight is 254 g/mol. The molecule has 0 aromatic heterocycles. The van der Waals surface area contributed by atoms with E-state index in [2.05, 4.69) is 0 Å². The molecule has 96 valence electrons. The molecule has 2 aromatic rings. The van der Waals surface area contributed by atoms with Gasteiger partial charge >= 0.3 is 0 Å². The summed E-state index contributed by atoms with van der Waals surface area (Å²) in [6.07, 6.45) is 1.02. The predicted octanol–water partition coefficient (Wildman–Crippen LogP) is 2.95. The maximum absolute atomic E-state index is 12.3. The van der Waals surface area contributed by atoms with Crippen molar-refractivity contribution in [3.05, 3.63) is 60.2 Å². The van der Waals surface area contributed by atoms with Gasteiger partial charge in [-0.15, -0.1) is 0 Å². The van der Waals surface area contributed by atoms with Crippen molar-refractivity contribution < 1.29 is 9.53 Å². The van der Waals surface area contributed by atoms with Crippen LogP contribution in [-0.2, 0) is 0 Å². The quantitative estimate of drug-likeness (QED) is 0.673. The Hall–Kier alpha value is -2.62. The highest BCUT2D eigenvalue weighted by Gasteiger charge is 2.15. The predicted molar refractivity (Wildman–Crippen MR) is 75.0 cm³/mol. The highest BCUT2D eigenvalue weighted by atomic mass is 16.5. The molecule has 0 radical (unpaired) electrons. The summed E-state index contributed by atoms with van der Waals surface area (Å²) in [5.41, 5.74) is 1.17. The molecule has 2 rings (SSSR count). The van der Waals surface area contributed by atoms with E-state index in [1.807, 2.05) is 18.2 Å². The number of benzene rings is 2. The number of para-hydroxylation sites is 1. The van der Waals surface area contributed by atoms with E-state index in [1.165, 1.54) is 4.90 Å². The fourth-order valence-electron chi connectivity index (χ4n) is 1.71. The maximum atomic E-state index is 12.3. The zero-order chi connectivity index (χ0) is 13.7. The Labute approximate surface area is 111 Å². The van der Waals surface area contributed by atoms with Crippen molar-refractivity contribution in [3.63, 3.8) is 0 Å². The second kappa shape index (κ2) is 5.82. The average Bonchev–Trinajstić information content (AvgIpc) is 2.49. The van der Waals surface area contributed by atoms with E-state index in [4.69, 9.17) is 10.1 Å². The van der Waals surface area contributed by atoms with Crippen LogP contribution in [0.15, 0.2) is 54.6 Å². The molecular weight excluding hydrogens is 240 g/mol. The number of rotatable bonds is 4. The molecule has 19 heavy (non-hydrogen) atoms. The van der Waals surface area contributed by atoms with Crippen LogP contribution in [0.5, 0.6) is 5.75 Å². The third kappa shape index (κ3) is 2.80. The number of anilines is 1. The molecule has 1 N–H and O–H groups in total.